The molecule has 1 amide bonds. The van der Waals surface area contributed by atoms with Crippen molar-refractivity contribution in [3.63, 3.8) is 0 Å². The minimum Gasteiger partial charge on any atom is -0.381 e. The number of nitrogens with zero attached hydrogens (tertiary/aromatic N) is 2. The predicted octanol–water partition coefficient (Wildman–Crippen LogP) is 2.19. The average Bonchev–Trinajstić information content (AvgIpc) is 2.68. The first-order valence-electron chi connectivity index (χ1n) is 8.99. The van der Waals surface area contributed by atoms with E-state index in [0.717, 1.165) is 38.0 Å². The summed E-state index contributed by atoms with van der Waals surface area (Å²) < 4.78 is 11.2. The van der Waals surface area contributed by atoms with E-state index in [0.29, 0.717) is 36.1 Å². The van der Waals surface area contributed by atoms with Gasteiger partial charge in [-0.1, -0.05) is 6.07 Å². The molecule has 2 aromatic rings. The van der Waals surface area contributed by atoms with Crippen molar-refractivity contribution < 1.29 is 14.3 Å². The van der Waals surface area contributed by atoms with Crippen molar-refractivity contribution >= 4 is 16.9 Å². The van der Waals surface area contributed by atoms with Gasteiger partial charge in [-0.05, 0) is 37.3 Å². The summed E-state index contributed by atoms with van der Waals surface area (Å²) >= 11 is 0. The van der Waals surface area contributed by atoms with Crippen molar-refractivity contribution in [1.82, 2.24) is 15.3 Å². The van der Waals surface area contributed by atoms with Gasteiger partial charge in [0.15, 0.2) is 0 Å². The highest BCUT2D eigenvalue weighted by atomic mass is 16.5. The number of fused-ring (bicyclic) bond motifs is 1. The Hall–Kier alpha value is -2.05. The molecule has 1 N–H and O–H groups in total. The summed E-state index contributed by atoms with van der Waals surface area (Å²) in [6, 6.07) is 5.68. The van der Waals surface area contributed by atoms with Gasteiger partial charge in [0.2, 0.25) is 0 Å². The molecular weight excluding hydrogens is 318 g/mol. The largest absolute Gasteiger partial charge is 0.381 e. The van der Waals surface area contributed by atoms with E-state index in [1.807, 2.05) is 18.2 Å². The van der Waals surface area contributed by atoms with Gasteiger partial charge in [0.25, 0.3) is 5.91 Å². The molecule has 2 fully saturated rings. The van der Waals surface area contributed by atoms with Gasteiger partial charge in [0.1, 0.15) is 5.52 Å². The molecule has 0 unspecified atom stereocenters. The third-order valence-corrected chi connectivity index (χ3v) is 5.33. The number of nitrogens with one attached hydrogen (secondary N) is 1. The highest BCUT2D eigenvalue weighted by Crippen LogP contribution is 2.30. The van der Waals surface area contributed by atoms with Crippen molar-refractivity contribution in [2.45, 2.75) is 25.3 Å². The van der Waals surface area contributed by atoms with Crippen LogP contribution in [0.2, 0.25) is 0 Å². The van der Waals surface area contributed by atoms with E-state index in [4.69, 9.17) is 9.47 Å². The standard InChI is InChI=1S/C19H23N3O3/c23-19(14-2-1-3-17-18(14)21-8-7-20-17)22-16-6-11-25-12-15(16)13-4-9-24-10-5-13/h1-3,7-8,13,15-16H,4-6,9-12H2,(H,22,23)/t15-,16-/m1/s1. The fraction of sp³-hybridized carbons (Fsp3) is 0.526. The SMILES string of the molecule is O=C(N[C@@H]1CCOC[C@@H]1C1CCOCC1)c1cccc2nccnc12. The second-order valence-electron chi connectivity index (χ2n) is 6.79. The highest BCUT2D eigenvalue weighted by molar-refractivity contribution is 6.04. The van der Waals surface area contributed by atoms with Crippen LogP contribution in [0.25, 0.3) is 11.0 Å². The van der Waals surface area contributed by atoms with Crippen molar-refractivity contribution in [2.75, 3.05) is 26.4 Å². The normalized spacial score (nSPS) is 25.0. The number of hydrogen-bond acceptors (Lipinski definition) is 5. The van der Waals surface area contributed by atoms with Crippen molar-refractivity contribution in [3.8, 4) is 0 Å². The molecule has 6 nitrogen and oxygen atoms in total. The first kappa shape index (κ1) is 16.4. The zero-order valence-electron chi connectivity index (χ0n) is 14.2. The Morgan fingerprint density at radius 2 is 1.84 bits per heavy atom. The number of hydrogen-bond donors (Lipinski definition) is 1. The first-order chi connectivity index (χ1) is 12.3. The Labute approximate surface area is 146 Å². The molecule has 2 atom stereocenters. The van der Waals surface area contributed by atoms with Crippen LogP contribution in [0.5, 0.6) is 0 Å². The Morgan fingerprint density at radius 3 is 2.72 bits per heavy atom. The van der Waals surface area contributed by atoms with E-state index >= 15 is 0 Å². The minimum atomic E-state index is -0.0740. The van der Waals surface area contributed by atoms with Gasteiger partial charge in [-0.3, -0.25) is 14.8 Å². The second-order valence-corrected chi connectivity index (χ2v) is 6.79. The quantitative estimate of drug-likeness (QED) is 0.926. The number of ether oxygens (including phenoxy) is 2. The molecule has 1 aromatic carbocycles. The summed E-state index contributed by atoms with van der Waals surface area (Å²) in [7, 11) is 0. The average molecular weight is 341 g/mol. The number of para-hydroxylation sites is 1. The summed E-state index contributed by atoms with van der Waals surface area (Å²) in [6.45, 7) is 3.02. The monoisotopic (exact) mass is 341 g/mol. The second kappa shape index (κ2) is 7.45. The van der Waals surface area contributed by atoms with E-state index in [9.17, 15) is 4.79 Å². The molecule has 3 heterocycles. The van der Waals surface area contributed by atoms with Gasteiger partial charge in [-0.15, -0.1) is 0 Å². The lowest BCUT2D eigenvalue weighted by Gasteiger charge is -2.39. The lowest BCUT2D eigenvalue weighted by atomic mass is 9.79. The maximum Gasteiger partial charge on any atom is 0.253 e. The van der Waals surface area contributed by atoms with Crippen LogP contribution in [0.4, 0.5) is 0 Å². The van der Waals surface area contributed by atoms with Crippen molar-refractivity contribution in [3.05, 3.63) is 36.2 Å². The molecule has 0 bridgehead atoms. The molecule has 6 heteroatoms. The van der Waals surface area contributed by atoms with E-state index in [-0.39, 0.29) is 11.9 Å². The summed E-state index contributed by atoms with van der Waals surface area (Å²) in [5.41, 5.74) is 1.98. The lowest BCUT2D eigenvalue weighted by Crippen LogP contribution is -2.49. The number of carbonyl (C=O) groups excluding carboxylic acids is 1. The topological polar surface area (TPSA) is 73.3 Å². The van der Waals surface area contributed by atoms with Gasteiger partial charge in [0, 0.05) is 44.2 Å². The number of benzene rings is 1. The van der Waals surface area contributed by atoms with Crippen molar-refractivity contribution in [1.29, 1.82) is 0 Å². The third-order valence-electron chi connectivity index (χ3n) is 5.33. The molecule has 0 saturated carbocycles. The fourth-order valence-electron chi connectivity index (χ4n) is 3.97. The molecule has 1 aromatic heterocycles. The van der Waals surface area contributed by atoms with Gasteiger partial charge in [-0.2, -0.15) is 0 Å². The molecule has 2 aliphatic heterocycles. The van der Waals surface area contributed by atoms with Gasteiger partial charge in [0.05, 0.1) is 17.7 Å². The Balaban J connectivity index is 1.53. The van der Waals surface area contributed by atoms with E-state index in [1.54, 1.807) is 12.4 Å². The van der Waals surface area contributed by atoms with Gasteiger partial charge in [-0.25, -0.2) is 0 Å². The summed E-state index contributed by atoms with van der Waals surface area (Å²) in [4.78, 5) is 21.5. The zero-order chi connectivity index (χ0) is 17.1. The van der Waals surface area contributed by atoms with Crippen molar-refractivity contribution in [2.24, 2.45) is 11.8 Å². The minimum absolute atomic E-state index is 0.0740. The molecule has 25 heavy (non-hydrogen) atoms. The molecule has 4 rings (SSSR count). The molecule has 0 aliphatic carbocycles. The number of carbonyl (C=O) groups is 1. The molecule has 2 saturated heterocycles. The smallest absolute Gasteiger partial charge is 0.253 e. The number of rotatable bonds is 3. The van der Waals surface area contributed by atoms with Crippen LogP contribution in [0.1, 0.15) is 29.6 Å². The number of aromatic nitrogens is 2. The lowest BCUT2D eigenvalue weighted by molar-refractivity contribution is -0.0259. The van der Waals surface area contributed by atoms with Crippen LogP contribution in [0.3, 0.4) is 0 Å². The molecule has 0 radical (unpaired) electrons. The maximum atomic E-state index is 12.9. The Kier molecular flexibility index (Phi) is 4.90. The summed E-state index contributed by atoms with van der Waals surface area (Å²) in [6.07, 6.45) is 6.20. The first-order valence-corrected chi connectivity index (χ1v) is 8.99. The third kappa shape index (κ3) is 3.50. The van der Waals surface area contributed by atoms with Gasteiger partial charge >= 0.3 is 0 Å². The Morgan fingerprint density at radius 1 is 1.04 bits per heavy atom. The fourth-order valence-corrected chi connectivity index (χ4v) is 3.97. The van der Waals surface area contributed by atoms with Crippen LogP contribution < -0.4 is 5.32 Å². The van der Waals surface area contributed by atoms with Crippen LogP contribution >= 0.6 is 0 Å². The highest BCUT2D eigenvalue weighted by Gasteiger charge is 2.34. The molecule has 132 valence electrons. The van der Waals surface area contributed by atoms with Crippen LogP contribution in [-0.4, -0.2) is 48.3 Å². The van der Waals surface area contributed by atoms with E-state index in [1.165, 1.54) is 0 Å². The summed E-state index contributed by atoms with van der Waals surface area (Å²) in [5, 5.41) is 3.25. The van der Waals surface area contributed by atoms with E-state index < -0.39 is 0 Å². The van der Waals surface area contributed by atoms with Crippen LogP contribution in [0, 0.1) is 11.8 Å². The summed E-state index contributed by atoms with van der Waals surface area (Å²) in [5.74, 6) is 0.823. The van der Waals surface area contributed by atoms with Crippen LogP contribution in [-0.2, 0) is 9.47 Å². The Bertz CT molecular complexity index is 740. The maximum absolute atomic E-state index is 12.9. The molecular formula is C19H23N3O3. The van der Waals surface area contributed by atoms with E-state index in [2.05, 4.69) is 15.3 Å². The molecule has 0 spiro atoms. The zero-order valence-corrected chi connectivity index (χ0v) is 14.2. The van der Waals surface area contributed by atoms with Gasteiger partial charge < -0.3 is 14.8 Å². The predicted molar refractivity (Wildman–Crippen MR) is 93.3 cm³/mol. The molecule has 2 aliphatic rings. The number of amides is 1. The van der Waals surface area contributed by atoms with Crippen LogP contribution in [0.15, 0.2) is 30.6 Å².